The largest absolute Gasteiger partial charge is 0.298 e. The molecule has 3 rings (SSSR count). The molecule has 1 aromatic heterocycles. The van der Waals surface area contributed by atoms with Gasteiger partial charge >= 0.3 is 0 Å². The first kappa shape index (κ1) is 17.0. The van der Waals surface area contributed by atoms with Gasteiger partial charge in [0, 0.05) is 16.5 Å². The lowest BCUT2D eigenvalue weighted by Gasteiger charge is -2.03. The smallest absolute Gasteiger partial charge is 0.295 e. The van der Waals surface area contributed by atoms with Crippen molar-refractivity contribution in [1.29, 1.82) is 0 Å². The fourth-order valence-electron chi connectivity index (χ4n) is 2.35. The first-order chi connectivity index (χ1) is 11.9. The molecule has 0 aliphatic rings. The molecule has 25 heavy (non-hydrogen) atoms. The second-order valence-corrected chi connectivity index (χ2v) is 6.84. The molecule has 0 fully saturated rings. The highest BCUT2D eigenvalue weighted by atomic mass is 32.1. The summed E-state index contributed by atoms with van der Waals surface area (Å²) in [5, 5.41) is 4.88. The van der Waals surface area contributed by atoms with E-state index in [-0.39, 0.29) is 0 Å². The zero-order valence-corrected chi connectivity index (χ0v) is 15.1. The third kappa shape index (κ3) is 3.83. The second kappa shape index (κ2) is 6.99. The van der Waals surface area contributed by atoms with E-state index in [0.717, 1.165) is 16.8 Å². The molecule has 0 aliphatic carbocycles. The van der Waals surface area contributed by atoms with E-state index in [1.807, 2.05) is 43.5 Å². The lowest BCUT2D eigenvalue weighted by molar-refractivity contribution is -0.112. The molecule has 0 aliphatic heterocycles. The maximum Gasteiger partial charge on any atom is 0.298 e. The Bertz CT molecular complexity index is 943. The molecule has 4 nitrogen and oxygen atoms in total. The Balaban J connectivity index is 1.74. The Kier molecular flexibility index (Phi) is 4.76. The standard InChI is InChI=1S/C20H18N2O2S/c1-12-4-7-15(8-5-12)18(23)19(24)22-20-21-17(11-25-20)16-9-6-13(2)14(3)10-16/h4-11H,1-3H3,(H,21,22,24). The molecular weight excluding hydrogens is 332 g/mol. The zero-order valence-electron chi connectivity index (χ0n) is 14.3. The normalized spacial score (nSPS) is 10.5. The molecule has 126 valence electrons. The lowest BCUT2D eigenvalue weighted by atomic mass is 10.1. The van der Waals surface area contributed by atoms with Crippen molar-refractivity contribution < 1.29 is 9.59 Å². The van der Waals surface area contributed by atoms with Gasteiger partial charge in [-0.2, -0.15) is 0 Å². The average molecular weight is 350 g/mol. The van der Waals surface area contributed by atoms with E-state index in [9.17, 15) is 9.59 Å². The van der Waals surface area contributed by atoms with Crippen LogP contribution in [0.15, 0.2) is 47.8 Å². The Morgan fingerprint density at radius 3 is 2.36 bits per heavy atom. The monoisotopic (exact) mass is 350 g/mol. The van der Waals surface area contributed by atoms with Gasteiger partial charge in [-0.15, -0.1) is 11.3 Å². The minimum atomic E-state index is -0.676. The lowest BCUT2D eigenvalue weighted by Crippen LogP contribution is -2.22. The van der Waals surface area contributed by atoms with E-state index in [0.29, 0.717) is 10.7 Å². The number of aromatic nitrogens is 1. The number of rotatable bonds is 4. The number of carbonyl (C=O) groups excluding carboxylic acids is 2. The summed E-state index contributed by atoms with van der Waals surface area (Å²) in [4.78, 5) is 28.7. The molecule has 1 N–H and O–H groups in total. The Hall–Kier alpha value is -2.79. The minimum Gasteiger partial charge on any atom is -0.295 e. The fraction of sp³-hybridized carbons (Fsp3) is 0.150. The quantitative estimate of drug-likeness (QED) is 0.554. The van der Waals surface area contributed by atoms with Crippen molar-refractivity contribution >= 4 is 28.2 Å². The molecule has 0 saturated heterocycles. The van der Waals surface area contributed by atoms with Crippen LogP contribution in [-0.4, -0.2) is 16.7 Å². The summed E-state index contributed by atoms with van der Waals surface area (Å²) >= 11 is 1.30. The van der Waals surface area contributed by atoms with Gasteiger partial charge in [-0.25, -0.2) is 4.98 Å². The molecule has 0 spiro atoms. The van der Waals surface area contributed by atoms with Gasteiger partial charge in [-0.3, -0.25) is 14.9 Å². The maximum atomic E-state index is 12.2. The molecule has 0 unspecified atom stereocenters. The molecule has 0 radical (unpaired) electrons. The fourth-order valence-corrected chi connectivity index (χ4v) is 3.07. The molecule has 0 saturated carbocycles. The van der Waals surface area contributed by atoms with Crippen LogP contribution in [0.3, 0.4) is 0 Å². The predicted molar refractivity (Wildman–Crippen MR) is 101 cm³/mol. The molecule has 5 heteroatoms. The van der Waals surface area contributed by atoms with Crippen molar-refractivity contribution in [1.82, 2.24) is 4.98 Å². The first-order valence-corrected chi connectivity index (χ1v) is 8.77. The van der Waals surface area contributed by atoms with E-state index >= 15 is 0 Å². The van der Waals surface area contributed by atoms with Gasteiger partial charge < -0.3 is 0 Å². The van der Waals surface area contributed by atoms with Gasteiger partial charge in [0.2, 0.25) is 0 Å². The summed E-state index contributed by atoms with van der Waals surface area (Å²) in [5.74, 6) is -1.24. The highest BCUT2D eigenvalue weighted by Gasteiger charge is 2.17. The van der Waals surface area contributed by atoms with Gasteiger partial charge in [0.05, 0.1) is 5.69 Å². The van der Waals surface area contributed by atoms with Crippen LogP contribution in [0.1, 0.15) is 27.0 Å². The topological polar surface area (TPSA) is 59.1 Å². The third-order valence-corrected chi connectivity index (χ3v) is 4.81. The number of thiazole rings is 1. The summed E-state index contributed by atoms with van der Waals surface area (Å²) in [6.07, 6.45) is 0. The van der Waals surface area contributed by atoms with Gasteiger partial charge in [0.15, 0.2) is 5.13 Å². The average Bonchev–Trinajstić information content (AvgIpc) is 3.06. The van der Waals surface area contributed by atoms with Crippen LogP contribution in [0, 0.1) is 20.8 Å². The zero-order chi connectivity index (χ0) is 18.0. The number of Topliss-reactive ketones (excluding diaryl/α,β-unsaturated/α-hetero) is 1. The summed E-state index contributed by atoms with van der Waals surface area (Å²) in [6.45, 7) is 6.04. The Morgan fingerprint density at radius 1 is 0.960 bits per heavy atom. The van der Waals surface area contributed by atoms with Crippen molar-refractivity contribution in [3.05, 3.63) is 70.1 Å². The van der Waals surface area contributed by atoms with Crippen LogP contribution in [0.2, 0.25) is 0 Å². The number of hydrogen-bond donors (Lipinski definition) is 1. The number of aryl methyl sites for hydroxylation is 3. The number of benzene rings is 2. The SMILES string of the molecule is Cc1ccc(C(=O)C(=O)Nc2nc(-c3ccc(C)c(C)c3)cs2)cc1. The van der Waals surface area contributed by atoms with E-state index in [2.05, 4.69) is 23.3 Å². The van der Waals surface area contributed by atoms with Crippen LogP contribution < -0.4 is 5.32 Å². The molecule has 3 aromatic rings. The van der Waals surface area contributed by atoms with Crippen molar-refractivity contribution in [3.63, 3.8) is 0 Å². The molecule has 0 bridgehead atoms. The van der Waals surface area contributed by atoms with Gasteiger partial charge in [0.1, 0.15) is 0 Å². The number of anilines is 1. The summed E-state index contributed by atoms with van der Waals surface area (Å²) in [7, 11) is 0. The molecular formula is C20H18N2O2S. The maximum absolute atomic E-state index is 12.2. The predicted octanol–water partition coefficient (Wildman–Crippen LogP) is 4.56. The Morgan fingerprint density at radius 2 is 1.68 bits per heavy atom. The number of nitrogens with zero attached hydrogens (tertiary/aromatic N) is 1. The van der Waals surface area contributed by atoms with Crippen molar-refractivity contribution in [2.24, 2.45) is 0 Å². The summed E-state index contributed by atoms with van der Waals surface area (Å²) in [6, 6.07) is 13.0. The van der Waals surface area contributed by atoms with E-state index < -0.39 is 11.7 Å². The van der Waals surface area contributed by atoms with E-state index in [1.165, 1.54) is 22.5 Å². The first-order valence-electron chi connectivity index (χ1n) is 7.89. The third-order valence-electron chi connectivity index (χ3n) is 4.05. The molecule has 1 amide bonds. The van der Waals surface area contributed by atoms with Crippen molar-refractivity contribution in [2.45, 2.75) is 20.8 Å². The summed E-state index contributed by atoms with van der Waals surface area (Å²) < 4.78 is 0. The van der Waals surface area contributed by atoms with Crippen LogP contribution in [0.5, 0.6) is 0 Å². The number of carbonyl (C=O) groups is 2. The second-order valence-electron chi connectivity index (χ2n) is 5.99. The molecule has 2 aromatic carbocycles. The van der Waals surface area contributed by atoms with Crippen LogP contribution >= 0.6 is 11.3 Å². The van der Waals surface area contributed by atoms with Crippen LogP contribution in [0.25, 0.3) is 11.3 Å². The highest BCUT2D eigenvalue weighted by molar-refractivity contribution is 7.14. The molecule has 0 atom stereocenters. The highest BCUT2D eigenvalue weighted by Crippen LogP contribution is 2.26. The number of ketones is 1. The Labute approximate surface area is 150 Å². The number of amides is 1. The van der Waals surface area contributed by atoms with Crippen molar-refractivity contribution in [3.8, 4) is 11.3 Å². The van der Waals surface area contributed by atoms with Gasteiger partial charge in [-0.05, 0) is 38.0 Å². The molecule has 1 heterocycles. The number of nitrogens with one attached hydrogen (secondary N) is 1. The minimum absolute atomic E-state index is 0.369. The summed E-state index contributed by atoms with van der Waals surface area (Å²) in [5.41, 5.74) is 5.58. The van der Waals surface area contributed by atoms with Gasteiger partial charge in [0.25, 0.3) is 11.7 Å². The van der Waals surface area contributed by atoms with E-state index in [4.69, 9.17) is 0 Å². The van der Waals surface area contributed by atoms with Crippen molar-refractivity contribution in [2.75, 3.05) is 5.32 Å². The van der Waals surface area contributed by atoms with Crippen LogP contribution in [0.4, 0.5) is 5.13 Å². The number of hydrogen-bond acceptors (Lipinski definition) is 4. The van der Waals surface area contributed by atoms with Crippen LogP contribution in [-0.2, 0) is 4.79 Å². The van der Waals surface area contributed by atoms with Gasteiger partial charge in [-0.1, -0.05) is 42.0 Å². The van der Waals surface area contributed by atoms with E-state index in [1.54, 1.807) is 12.1 Å².